The van der Waals surface area contributed by atoms with Gasteiger partial charge in [-0.15, -0.1) is 0 Å². The lowest BCUT2D eigenvalue weighted by molar-refractivity contribution is -0.125. The Labute approximate surface area is 207 Å². The van der Waals surface area contributed by atoms with Crippen molar-refractivity contribution < 1.29 is 22.7 Å². The third kappa shape index (κ3) is 6.10. The highest BCUT2D eigenvalue weighted by Crippen LogP contribution is 2.34. The summed E-state index contributed by atoms with van der Waals surface area (Å²) in [5.74, 6) is 1.07. The minimum atomic E-state index is -3.60. The van der Waals surface area contributed by atoms with Gasteiger partial charge in [-0.1, -0.05) is 43.5 Å². The van der Waals surface area contributed by atoms with E-state index in [0.717, 1.165) is 29.8 Å². The van der Waals surface area contributed by atoms with Gasteiger partial charge >= 0.3 is 6.09 Å². The highest BCUT2D eigenvalue weighted by atomic mass is 32.2. The molecule has 190 valence electrons. The van der Waals surface area contributed by atoms with Crippen LogP contribution in [0.2, 0.25) is 0 Å². The maximum atomic E-state index is 12.9. The number of aliphatic imine (C=N–C) groups is 1. The van der Waals surface area contributed by atoms with Crippen molar-refractivity contribution in [1.82, 2.24) is 14.9 Å². The van der Waals surface area contributed by atoms with E-state index in [-0.39, 0.29) is 19.0 Å². The van der Waals surface area contributed by atoms with Crippen LogP contribution in [-0.2, 0) is 26.0 Å². The van der Waals surface area contributed by atoms with Gasteiger partial charge in [0.2, 0.25) is 10.0 Å². The summed E-state index contributed by atoms with van der Waals surface area (Å²) < 4.78 is 31.8. The molecule has 2 heterocycles. The second kappa shape index (κ2) is 10.9. The quantitative estimate of drug-likeness (QED) is 0.595. The van der Waals surface area contributed by atoms with E-state index in [0.29, 0.717) is 31.7 Å². The van der Waals surface area contributed by atoms with E-state index in [1.807, 2.05) is 24.3 Å². The van der Waals surface area contributed by atoms with Crippen LogP contribution in [0.5, 0.6) is 0 Å². The van der Waals surface area contributed by atoms with Gasteiger partial charge in [0.1, 0.15) is 11.4 Å². The Hall–Kier alpha value is -2.72. The summed E-state index contributed by atoms with van der Waals surface area (Å²) in [5.41, 5.74) is 0.968. The second-order valence-electron chi connectivity index (χ2n) is 9.47. The van der Waals surface area contributed by atoms with E-state index in [2.05, 4.69) is 15.4 Å². The summed E-state index contributed by atoms with van der Waals surface area (Å²) in [5, 5.41) is 6.86. The fourth-order valence-corrected chi connectivity index (χ4v) is 6.18. The molecule has 1 spiro atoms. The number of amides is 2. The van der Waals surface area contributed by atoms with Crippen molar-refractivity contribution in [3.05, 3.63) is 40.8 Å². The molecule has 9 nitrogen and oxygen atoms in total. The predicted octanol–water partition coefficient (Wildman–Crippen LogP) is 2.83. The standard InChI is InChI=1S/C25H34N4O5S/c1-34-24(31)26-15-11-19-7-9-20(10-8-19)12-18-35(32,33)29-16-13-25(14-17-29)23(30)27-22(28-25)21-5-3-2-4-6-21/h7-10,12,18,21H,2-6,11,13-17H2,1H3,(H,26,31)(H,27,28,30)/b18-12+. The molecular formula is C25H34N4O5S. The molecule has 1 aromatic carbocycles. The highest BCUT2D eigenvalue weighted by molar-refractivity contribution is 7.92. The number of carbonyl (C=O) groups excluding carboxylic acids is 2. The van der Waals surface area contributed by atoms with Crippen LogP contribution in [0, 0.1) is 5.92 Å². The van der Waals surface area contributed by atoms with Gasteiger partial charge in [0, 0.05) is 31.0 Å². The molecule has 1 saturated carbocycles. The molecule has 0 bridgehead atoms. The maximum absolute atomic E-state index is 12.9. The number of hydrogen-bond acceptors (Lipinski definition) is 6. The number of nitrogens with zero attached hydrogens (tertiary/aromatic N) is 2. The largest absolute Gasteiger partial charge is 0.453 e. The zero-order chi connectivity index (χ0) is 24.9. The van der Waals surface area contributed by atoms with Crippen LogP contribution in [0.4, 0.5) is 4.79 Å². The number of carbonyl (C=O) groups is 2. The maximum Gasteiger partial charge on any atom is 0.406 e. The van der Waals surface area contributed by atoms with Gasteiger partial charge in [0.25, 0.3) is 5.91 Å². The molecule has 0 atom stereocenters. The average Bonchev–Trinajstić information content (AvgIpc) is 3.19. The Kier molecular flexibility index (Phi) is 7.91. The molecule has 2 amide bonds. The molecular weight excluding hydrogens is 468 g/mol. The monoisotopic (exact) mass is 502 g/mol. The zero-order valence-electron chi connectivity index (χ0n) is 20.2. The van der Waals surface area contributed by atoms with Gasteiger partial charge in [-0.3, -0.25) is 9.79 Å². The third-order valence-electron chi connectivity index (χ3n) is 7.18. The molecule has 1 aromatic rings. The molecule has 2 fully saturated rings. The minimum Gasteiger partial charge on any atom is -0.453 e. The van der Waals surface area contributed by atoms with Crippen molar-refractivity contribution in [3.8, 4) is 0 Å². The van der Waals surface area contributed by atoms with Crippen LogP contribution >= 0.6 is 0 Å². The van der Waals surface area contributed by atoms with E-state index in [1.165, 1.54) is 36.1 Å². The number of methoxy groups -OCH3 is 1. The normalized spacial score (nSPS) is 21.2. The van der Waals surface area contributed by atoms with Crippen LogP contribution in [0.15, 0.2) is 34.7 Å². The predicted molar refractivity (Wildman–Crippen MR) is 134 cm³/mol. The molecule has 1 saturated heterocycles. The van der Waals surface area contributed by atoms with Gasteiger partial charge in [-0.2, -0.15) is 4.31 Å². The van der Waals surface area contributed by atoms with Crippen LogP contribution in [0.3, 0.4) is 0 Å². The highest BCUT2D eigenvalue weighted by Gasteiger charge is 2.48. The van der Waals surface area contributed by atoms with Gasteiger partial charge in [-0.25, -0.2) is 13.2 Å². The van der Waals surface area contributed by atoms with Gasteiger partial charge in [0.05, 0.1) is 7.11 Å². The first-order chi connectivity index (χ1) is 16.8. The summed E-state index contributed by atoms with van der Waals surface area (Å²) in [7, 11) is -2.29. The summed E-state index contributed by atoms with van der Waals surface area (Å²) in [6, 6.07) is 7.48. The van der Waals surface area contributed by atoms with E-state index < -0.39 is 21.7 Å². The Bertz CT molecular complexity index is 1080. The fraction of sp³-hybridized carbons (Fsp3) is 0.560. The number of piperidine rings is 1. The number of amidine groups is 1. The number of sulfonamides is 1. The summed E-state index contributed by atoms with van der Waals surface area (Å²) in [4.78, 5) is 28.7. The van der Waals surface area contributed by atoms with Crippen LogP contribution in [0.1, 0.15) is 56.1 Å². The summed E-state index contributed by atoms with van der Waals surface area (Å²) in [6.07, 6.45) is 8.25. The van der Waals surface area contributed by atoms with Gasteiger partial charge in [0.15, 0.2) is 0 Å². The Morgan fingerprint density at radius 1 is 1.20 bits per heavy atom. The smallest absolute Gasteiger partial charge is 0.406 e. The Balaban J connectivity index is 1.32. The Morgan fingerprint density at radius 2 is 1.89 bits per heavy atom. The fourth-order valence-electron chi connectivity index (χ4n) is 4.99. The molecule has 1 aliphatic carbocycles. The lowest BCUT2D eigenvalue weighted by Gasteiger charge is -2.34. The van der Waals surface area contributed by atoms with Crippen molar-refractivity contribution in [2.24, 2.45) is 10.9 Å². The first kappa shape index (κ1) is 25.4. The zero-order valence-corrected chi connectivity index (χ0v) is 21.0. The number of rotatable bonds is 7. The SMILES string of the molecule is COC(=O)NCCc1ccc(/C=C/S(=O)(=O)N2CCC3(CC2)N=C(C2CCCCC2)NC3=O)cc1. The summed E-state index contributed by atoms with van der Waals surface area (Å²) >= 11 is 0. The van der Waals surface area contributed by atoms with E-state index in [4.69, 9.17) is 4.99 Å². The van der Waals surface area contributed by atoms with Crippen molar-refractivity contribution in [2.75, 3.05) is 26.7 Å². The first-order valence-corrected chi connectivity index (χ1v) is 13.8. The molecule has 4 rings (SSSR count). The van der Waals surface area contributed by atoms with Gasteiger partial charge < -0.3 is 15.4 Å². The van der Waals surface area contributed by atoms with Crippen LogP contribution in [-0.4, -0.2) is 62.8 Å². The second-order valence-corrected chi connectivity index (χ2v) is 11.3. The number of ether oxygens (including phenoxy) is 1. The van der Waals surface area contributed by atoms with Crippen molar-refractivity contribution in [2.45, 2.75) is 56.9 Å². The van der Waals surface area contributed by atoms with E-state index in [1.54, 1.807) is 6.08 Å². The topological polar surface area (TPSA) is 117 Å². The molecule has 0 aromatic heterocycles. The minimum absolute atomic E-state index is 0.0764. The molecule has 2 aliphatic heterocycles. The lowest BCUT2D eigenvalue weighted by atomic mass is 9.88. The third-order valence-corrected chi connectivity index (χ3v) is 8.75. The Morgan fingerprint density at radius 3 is 2.54 bits per heavy atom. The van der Waals surface area contributed by atoms with Crippen molar-refractivity contribution in [3.63, 3.8) is 0 Å². The average molecular weight is 503 g/mol. The van der Waals surface area contributed by atoms with Crippen molar-refractivity contribution >= 4 is 33.9 Å². The van der Waals surface area contributed by atoms with E-state index in [9.17, 15) is 18.0 Å². The molecule has 10 heteroatoms. The molecule has 2 N–H and O–H groups in total. The molecule has 3 aliphatic rings. The lowest BCUT2D eigenvalue weighted by Crippen LogP contribution is -2.50. The van der Waals surface area contributed by atoms with Crippen molar-refractivity contribution in [1.29, 1.82) is 0 Å². The molecule has 0 unspecified atom stereocenters. The number of alkyl carbamates (subject to hydrolysis) is 1. The van der Waals surface area contributed by atoms with Crippen LogP contribution < -0.4 is 10.6 Å². The summed E-state index contributed by atoms with van der Waals surface area (Å²) in [6.45, 7) is 0.998. The molecule has 35 heavy (non-hydrogen) atoms. The molecule has 0 radical (unpaired) electrons. The van der Waals surface area contributed by atoms with E-state index >= 15 is 0 Å². The first-order valence-electron chi connectivity index (χ1n) is 12.3. The number of benzene rings is 1. The van der Waals surface area contributed by atoms with Gasteiger partial charge in [-0.05, 0) is 49.3 Å². The number of nitrogens with one attached hydrogen (secondary N) is 2. The van der Waals surface area contributed by atoms with Crippen LogP contribution in [0.25, 0.3) is 6.08 Å². The number of hydrogen-bond donors (Lipinski definition) is 2.